The van der Waals surface area contributed by atoms with Crippen LogP contribution in [0.5, 0.6) is 0 Å². The Labute approximate surface area is 350 Å². The zero-order chi connectivity index (χ0) is 24.8. The monoisotopic (exact) mass is 1680 g/mol. The van der Waals surface area contributed by atoms with Crippen LogP contribution in [0.15, 0.2) is 46.4 Å². The van der Waals surface area contributed by atoms with E-state index in [0.717, 1.165) is 22.8 Å². The van der Waals surface area contributed by atoms with Gasteiger partial charge in [-0.3, -0.25) is 14.6 Å². The van der Waals surface area contributed by atoms with E-state index in [0.29, 0.717) is 13.0 Å². The number of hydrogen-bond donors (Lipinski definition) is 5. The molecule has 0 saturated heterocycles. The number of hydrogen-bond acceptors (Lipinski definition) is 4. The first-order valence-electron chi connectivity index (χ1n) is 10.3. The van der Waals surface area contributed by atoms with Crippen molar-refractivity contribution < 1.29 is 170 Å². The minimum absolute atomic E-state index is 0. The SMILES string of the molecule is CN=C(N)[N-]Cc1ccc2c(c1)C[C@H](CN=C(N)N)[C@H]2NC(=O)C(=O)Nc1ccc(Cl)c(F)c1.[U].[U].[U].[U].[U]. The molecule has 0 radical (unpaired) electrons. The second-order valence-corrected chi connectivity index (χ2v) is 8.10. The van der Waals surface area contributed by atoms with Crippen LogP contribution in [0.4, 0.5) is 10.1 Å². The molecule has 10 nitrogen and oxygen atoms in total. The van der Waals surface area contributed by atoms with E-state index in [1.807, 2.05) is 18.2 Å². The molecule has 0 saturated carbocycles. The molecule has 0 fully saturated rings. The zero-order valence-electron chi connectivity index (χ0n) is 20.9. The van der Waals surface area contributed by atoms with Crippen molar-refractivity contribution >= 4 is 41.0 Å². The molecule has 0 aromatic heterocycles. The summed E-state index contributed by atoms with van der Waals surface area (Å²) in [6, 6.07) is 8.90. The fourth-order valence-electron chi connectivity index (χ4n) is 3.69. The van der Waals surface area contributed by atoms with Gasteiger partial charge in [-0.15, -0.1) is 0 Å². The van der Waals surface area contributed by atoms with E-state index in [2.05, 4.69) is 25.9 Å². The Morgan fingerprint density at radius 1 is 1.05 bits per heavy atom. The molecule has 1 aliphatic carbocycles. The zero-order valence-corrected chi connectivity index (χ0v) is 42.5. The van der Waals surface area contributed by atoms with E-state index in [9.17, 15) is 14.0 Å². The molecule has 0 aliphatic heterocycles. The summed E-state index contributed by atoms with van der Waals surface area (Å²) < 4.78 is 13.6. The molecule has 2 amide bonds. The summed E-state index contributed by atoms with van der Waals surface area (Å²) in [4.78, 5) is 33.0. The third-order valence-electron chi connectivity index (χ3n) is 5.33. The average molecular weight is 1680 g/mol. The van der Waals surface area contributed by atoms with Crippen molar-refractivity contribution in [1.29, 1.82) is 0 Å². The number of carbonyl (C=O) groups excluding carboxylic acids is 2. The Balaban J connectivity index is -0.00000259. The summed E-state index contributed by atoms with van der Waals surface area (Å²) in [6.45, 7) is 0.604. The minimum atomic E-state index is -0.944. The third kappa shape index (κ3) is 13.7. The van der Waals surface area contributed by atoms with Gasteiger partial charge in [-0.1, -0.05) is 29.8 Å². The standard InChI is InChI=1S/C22H26ClFN8O2.5U/c1-28-22(27)30-9-11-2-4-15-12(6-11)7-13(10-29-21(25)26)18(15)32-20(34)19(33)31-14-3-5-16(23)17(24)8-14;;;;;/h2-6,8,13,18H,7,9-10H2,1H3,(H9,25,26,27,28,29,30,31,32,33,34);;;;;/p-1/t13-,18-;;;;;/m1...../s1. The number of nitrogens with two attached hydrogens (primary N) is 3. The van der Waals surface area contributed by atoms with Crippen LogP contribution >= 0.6 is 11.6 Å². The van der Waals surface area contributed by atoms with Crippen molar-refractivity contribution in [1.82, 2.24) is 5.32 Å². The maximum Gasteiger partial charge on any atom is 0.313 e. The fraction of sp³-hybridized carbons (Fsp3) is 0.273. The van der Waals surface area contributed by atoms with Crippen molar-refractivity contribution in [2.45, 2.75) is 19.0 Å². The van der Waals surface area contributed by atoms with Gasteiger partial charge in [0.2, 0.25) is 0 Å². The molecule has 0 bridgehead atoms. The van der Waals surface area contributed by atoms with Gasteiger partial charge in [-0.25, -0.2) is 4.39 Å². The minimum Gasteiger partial charge on any atom is -0.454 e. The number of benzene rings is 2. The van der Waals surface area contributed by atoms with Crippen LogP contribution in [-0.4, -0.2) is 37.3 Å². The Kier molecular flexibility index (Phi) is 25.3. The molecule has 0 heterocycles. The number of amides is 2. The van der Waals surface area contributed by atoms with Crippen molar-refractivity contribution in [3.05, 3.63) is 69.2 Å². The molecule has 17 heteroatoms. The van der Waals surface area contributed by atoms with Crippen LogP contribution in [-0.2, 0) is 22.6 Å². The van der Waals surface area contributed by atoms with Gasteiger partial charge in [0.25, 0.3) is 0 Å². The number of nitrogens with zero attached hydrogens (tertiary/aromatic N) is 3. The van der Waals surface area contributed by atoms with Crippen molar-refractivity contribution in [3.63, 3.8) is 0 Å². The third-order valence-corrected chi connectivity index (χ3v) is 5.63. The molecule has 0 spiro atoms. The number of nitrogens with one attached hydrogen (secondary N) is 2. The van der Waals surface area contributed by atoms with Gasteiger partial charge in [0.15, 0.2) is 5.96 Å². The second kappa shape index (κ2) is 22.0. The number of anilines is 1. The van der Waals surface area contributed by atoms with Crippen molar-refractivity contribution in [3.8, 4) is 0 Å². The Morgan fingerprint density at radius 2 is 1.72 bits per heavy atom. The smallest absolute Gasteiger partial charge is 0.313 e. The number of aliphatic imine (C=N–C) groups is 2. The van der Waals surface area contributed by atoms with Crippen LogP contribution < -0.4 is 27.8 Å². The van der Waals surface area contributed by atoms with Crippen LogP contribution in [0.2, 0.25) is 5.02 Å². The van der Waals surface area contributed by atoms with Gasteiger partial charge in [0.05, 0.1) is 11.1 Å². The molecular weight excluding hydrogens is 1650 g/mol. The van der Waals surface area contributed by atoms with Gasteiger partial charge >= 0.3 is 11.8 Å². The summed E-state index contributed by atoms with van der Waals surface area (Å²) in [5.74, 6) is -2.60. The molecule has 0 unspecified atom stereocenters. The predicted octanol–water partition coefficient (Wildman–Crippen LogP) is 1.54. The first kappa shape index (κ1) is 44.8. The van der Waals surface area contributed by atoms with Gasteiger partial charge in [-0.2, -0.15) is 0 Å². The Hall–Kier alpha value is 1.40. The Morgan fingerprint density at radius 3 is 2.31 bits per heavy atom. The second-order valence-electron chi connectivity index (χ2n) is 7.70. The predicted molar refractivity (Wildman–Crippen MR) is 130 cm³/mol. The van der Waals surface area contributed by atoms with E-state index >= 15 is 0 Å². The first-order valence-corrected chi connectivity index (χ1v) is 10.7. The van der Waals surface area contributed by atoms with Gasteiger partial charge in [0.1, 0.15) is 5.82 Å². The normalized spacial score (nSPS) is 14.8. The largest absolute Gasteiger partial charge is 0.454 e. The number of rotatable bonds is 6. The van der Waals surface area contributed by atoms with E-state index in [1.165, 1.54) is 12.1 Å². The van der Waals surface area contributed by atoms with Crippen molar-refractivity contribution in [2.75, 3.05) is 18.9 Å². The van der Waals surface area contributed by atoms with E-state index in [1.54, 1.807) is 7.05 Å². The van der Waals surface area contributed by atoms with Crippen LogP contribution in [0.25, 0.3) is 5.32 Å². The van der Waals surface area contributed by atoms with Gasteiger partial charge in [-0.05, 0) is 48.4 Å². The van der Waals surface area contributed by atoms with E-state index in [-0.39, 0.29) is 191 Å². The van der Waals surface area contributed by atoms with Gasteiger partial charge in [0, 0.05) is 186 Å². The molecule has 200 valence electrons. The van der Waals surface area contributed by atoms with E-state index < -0.39 is 23.7 Å². The fourth-order valence-corrected chi connectivity index (χ4v) is 3.81. The first-order chi connectivity index (χ1) is 16.2. The summed E-state index contributed by atoms with van der Waals surface area (Å²) in [5.41, 5.74) is 19.4. The molecule has 1 aliphatic rings. The summed E-state index contributed by atoms with van der Waals surface area (Å²) >= 11 is 5.65. The molecular formula is C22H25ClFN8O2U5-. The van der Waals surface area contributed by atoms with Gasteiger partial charge < -0.3 is 38.1 Å². The van der Waals surface area contributed by atoms with Crippen LogP contribution in [0, 0.1) is 167 Å². The van der Waals surface area contributed by atoms with E-state index in [4.69, 9.17) is 28.8 Å². The van der Waals surface area contributed by atoms with Crippen LogP contribution in [0.3, 0.4) is 0 Å². The topological polar surface area (TPSA) is 175 Å². The number of fused-ring (bicyclic) bond motifs is 1. The summed E-state index contributed by atoms with van der Waals surface area (Å²) in [6.07, 6.45) is 0.576. The molecule has 2 atom stereocenters. The molecule has 8 N–H and O–H groups in total. The summed E-state index contributed by atoms with van der Waals surface area (Å²) in [5, 5.41) is 9.19. The van der Waals surface area contributed by atoms with Crippen LogP contribution in [0.1, 0.15) is 22.7 Å². The maximum absolute atomic E-state index is 13.6. The number of halogens is 2. The molecule has 3 rings (SSSR count). The van der Waals surface area contributed by atoms with Crippen molar-refractivity contribution in [2.24, 2.45) is 33.1 Å². The Bertz CT molecular complexity index is 1170. The molecule has 39 heavy (non-hydrogen) atoms. The maximum atomic E-state index is 13.6. The molecule has 2 aromatic carbocycles. The number of guanidine groups is 2. The number of carbonyl (C=O) groups is 2. The quantitative estimate of drug-likeness (QED) is 0.168. The molecule has 2 aromatic rings. The average Bonchev–Trinajstić information content (AvgIpc) is 3.14. The summed E-state index contributed by atoms with van der Waals surface area (Å²) in [7, 11) is 1.56.